The lowest BCUT2D eigenvalue weighted by atomic mass is 10.0. The van der Waals surface area contributed by atoms with Gasteiger partial charge in [-0.15, -0.1) is 12.8 Å². The van der Waals surface area contributed by atoms with Crippen molar-refractivity contribution in [3.8, 4) is 18.6 Å². The summed E-state index contributed by atoms with van der Waals surface area (Å²) in [7, 11) is 0. The van der Waals surface area contributed by atoms with E-state index in [-0.39, 0.29) is 18.5 Å². The maximum absolute atomic E-state index is 12.8. The van der Waals surface area contributed by atoms with Crippen molar-refractivity contribution in [3.63, 3.8) is 0 Å². The third-order valence-corrected chi connectivity index (χ3v) is 2.50. The summed E-state index contributed by atoms with van der Waals surface area (Å²) in [6.07, 6.45) is 10.4. The maximum atomic E-state index is 12.8. The standard InChI is InChI=1S/C11H13FO2.C2H2/c12-9-2-4-11-8(7-9)1-3-10(14-11)5-6-13;1-2/h2,4,7,10,13H,1,3,5-6H2;1-2H. The molecule has 0 radical (unpaired) electrons. The first-order chi connectivity index (χ1) is 7.79. The van der Waals surface area contributed by atoms with E-state index in [0.29, 0.717) is 6.42 Å². The normalized spacial score (nSPS) is 17.6. The van der Waals surface area contributed by atoms with Crippen molar-refractivity contribution in [2.45, 2.75) is 25.4 Å². The molecule has 1 heterocycles. The van der Waals surface area contributed by atoms with Crippen LogP contribution >= 0.6 is 0 Å². The van der Waals surface area contributed by atoms with Gasteiger partial charge >= 0.3 is 0 Å². The number of ether oxygens (including phenoxy) is 1. The average Bonchev–Trinajstić information content (AvgIpc) is 2.32. The van der Waals surface area contributed by atoms with Gasteiger partial charge in [-0.05, 0) is 36.6 Å². The van der Waals surface area contributed by atoms with Crippen LogP contribution in [0.2, 0.25) is 0 Å². The Morgan fingerprint density at radius 2 is 2.19 bits per heavy atom. The summed E-state index contributed by atoms with van der Waals surface area (Å²) in [5, 5.41) is 8.77. The molecule has 16 heavy (non-hydrogen) atoms. The number of halogens is 1. The molecule has 1 aliphatic rings. The van der Waals surface area contributed by atoms with Crippen molar-refractivity contribution in [2.24, 2.45) is 0 Å². The van der Waals surface area contributed by atoms with E-state index in [1.165, 1.54) is 12.1 Å². The molecule has 3 heteroatoms. The molecule has 0 saturated heterocycles. The third kappa shape index (κ3) is 2.98. The predicted molar refractivity (Wildman–Crippen MR) is 60.7 cm³/mol. The van der Waals surface area contributed by atoms with E-state index in [0.717, 1.165) is 24.2 Å². The number of rotatable bonds is 2. The highest BCUT2D eigenvalue weighted by Crippen LogP contribution is 2.28. The fourth-order valence-electron chi connectivity index (χ4n) is 1.76. The van der Waals surface area contributed by atoms with Gasteiger partial charge in [0.2, 0.25) is 0 Å². The van der Waals surface area contributed by atoms with Gasteiger partial charge < -0.3 is 9.84 Å². The Balaban J connectivity index is 0.000000606. The van der Waals surface area contributed by atoms with Gasteiger partial charge in [0.05, 0.1) is 0 Å². The number of hydrogen-bond acceptors (Lipinski definition) is 2. The van der Waals surface area contributed by atoms with E-state index in [1.807, 2.05) is 0 Å². The van der Waals surface area contributed by atoms with Crippen molar-refractivity contribution < 1.29 is 14.2 Å². The summed E-state index contributed by atoms with van der Waals surface area (Å²) in [5.74, 6) is 0.545. The van der Waals surface area contributed by atoms with Crippen LogP contribution in [0.25, 0.3) is 0 Å². The van der Waals surface area contributed by atoms with Crippen molar-refractivity contribution in [1.29, 1.82) is 0 Å². The van der Waals surface area contributed by atoms with Crippen molar-refractivity contribution in [1.82, 2.24) is 0 Å². The zero-order chi connectivity index (χ0) is 12.0. The van der Waals surface area contributed by atoms with Gasteiger partial charge in [-0.1, -0.05) is 0 Å². The van der Waals surface area contributed by atoms with Gasteiger partial charge in [0, 0.05) is 13.0 Å². The Labute approximate surface area is 95.1 Å². The molecule has 0 spiro atoms. The largest absolute Gasteiger partial charge is 0.490 e. The minimum absolute atomic E-state index is 0.0814. The van der Waals surface area contributed by atoms with Gasteiger partial charge in [0.1, 0.15) is 17.7 Å². The van der Waals surface area contributed by atoms with Crippen LogP contribution < -0.4 is 4.74 Å². The molecule has 0 fully saturated rings. The number of benzene rings is 1. The lowest BCUT2D eigenvalue weighted by molar-refractivity contribution is 0.133. The molecule has 86 valence electrons. The second kappa shape index (κ2) is 6.14. The topological polar surface area (TPSA) is 29.5 Å². The van der Waals surface area contributed by atoms with Crippen LogP contribution in [-0.4, -0.2) is 17.8 Å². The zero-order valence-corrected chi connectivity index (χ0v) is 9.03. The summed E-state index contributed by atoms with van der Waals surface area (Å²) in [4.78, 5) is 0. The van der Waals surface area contributed by atoms with Crippen LogP contribution in [0.15, 0.2) is 18.2 Å². The summed E-state index contributed by atoms with van der Waals surface area (Å²) < 4.78 is 18.4. The number of aliphatic hydroxyl groups is 1. The molecule has 1 aromatic rings. The second-order valence-electron chi connectivity index (χ2n) is 3.54. The van der Waals surface area contributed by atoms with E-state index in [9.17, 15) is 4.39 Å². The summed E-state index contributed by atoms with van der Waals surface area (Å²) in [6, 6.07) is 4.58. The van der Waals surface area contributed by atoms with E-state index >= 15 is 0 Å². The quantitative estimate of drug-likeness (QED) is 0.777. The minimum Gasteiger partial charge on any atom is -0.490 e. The Hall–Kier alpha value is -1.53. The molecule has 2 nitrogen and oxygen atoms in total. The fraction of sp³-hybridized carbons (Fsp3) is 0.385. The van der Waals surface area contributed by atoms with Crippen molar-refractivity contribution >= 4 is 0 Å². The zero-order valence-electron chi connectivity index (χ0n) is 9.03. The number of hydrogen-bond donors (Lipinski definition) is 1. The van der Waals surface area contributed by atoms with Crippen LogP contribution in [0.5, 0.6) is 5.75 Å². The lowest BCUT2D eigenvalue weighted by Gasteiger charge is -2.25. The van der Waals surface area contributed by atoms with E-state index in [4.69, 9.17) is 9.84 Å². The summed E-state index contributed by atoms with van der Waals surface area (Å²) in [6.45, 7) is 0.140. The number of fused-ring (bicyclic) bond motifs is 1. The smallest absolute Gasteiger partial charge is 0.123 e. The van der Waals surface area contributed by atoms with Gasteiger partial charge in [0.15, 0.2) is 0 Å². The Bertz CT molecular complexity index is 360. The molecule has 1 unspecified atom stereocenters. The van der Waals surface area contributed by atoms with Gasteiger partial charge in [-0.2, -0.15) is 0 Å². The highest BCUT2D eigenvalue weighted by Gasteiger charge is 2.19. The third-order valence-electron chi connectivity index (χ3n) is 2.50. The number of terminal acetylenes is 1. The lowest BCUT2D eigenvalue weighted by Crippen LogP contribution is -2.23. The molecular weight excluding hydrogens is 207 g/mol. The Morgan fingerprint density at radius 1 is 1.44 bits per heavy atom. The number of aryl methyl sites for hydroxylation is 1. The first-order valence-corrected chi connectivity index (χ1v) is 5.19. The fourth-order valence-corrected chi connectivity index (χ4v) is 1.76. The Kier molecular flexibility index (Phi) is 4.81. The average molecular weight is 222 g/mol. The second-order valence-corrected chi connectivity index (χ2v) is 3.54. The van der Waals surface area contributed by atoms with Crippen LogP contribution in [0.3, 0.4) is 0 Å². The molecule has 0 aliphatic carbocycles. The van der Waals surface area contributed by atoms with Crippen molar-refractivity contribution in [3.05, 3.63) is 29.6 Å². The van der Waals surface area contributed by atoms with E-state index in [1.54, 1.807) is 6.07 Å². The highest BCUT2D eigenvalue weighted by atomic mass is 19.1. The molecule has 1 aliphatic heterocycles. The van der Waals surface area contributed by atoms with Crippen LogP contribution in [0, 0.1) is 18.7 Å². The Morgan fingerprint density at radius 3 is 2.88 bits per heavy atom. The van der Waals surface area contributed by atoms with E-state index in [2.05, 4.69) is 12.8 Å². The van der Waals surface area contributed by atoms with Gasteiger partial charge in [0.25, 0.3) is 0 Å². The molecule has 1 N–H and O–H groups in total. The van der Waals surface area contributed by atoms with Crippen molar-refractivity contribution in [2.75, 3.05) is 6.61 Å². The molecule has 1 aromatic carbocycles. The predicted octanol–water partition coefficient (Wildman–Crippen LogP) is 2.15. The number of aliphatic hydroxyl groups excluding tert-OH is 1. The van der Waals surface area contributed by atoms with Crippen LogP contribution in [-0.2, 0) is 6.42 Å². The van der Waals surface area contributed by atoms with E-state index < -0.39 is 0 Å². The van der Waals surface area contributed by atoms with Gasteiger partial charge in [-0.3, -0.25) is 0 Å². The first-order valence-electron chi connectivity index (χ1n) is 5.19. The molecular formula is C13H15FO2. The monoisotopic (exact) mass is 222 g/mol. The maximum Gasteiger partial charge on any atom is 0.123 e. The summed E-state index contributed by atoms with van der Waals surface area (Å²) in [5.41, 5.74) is 0.930. The molecule has 0 amide bonds. The molecule has 1 atom stereocenters. The minimum atomic E-state index is -0.215. The molecule has 2 rings (SSSR count). The summed E-state index contributed by atoms with van der Waals surface area (Å²) >= 11 is 0. The van der Waals surface area contributed by atoms with Crippen LogP contribution in [0.1, 0.15) is 18.4 Å². The molecule has 0 bridgehead atoms. The highest BCUT2D eigenvalue weighted by molar-refractivity contribution is 5.35. The van der Waals surface area contributed by atoms with Gasteiger partial charge in [-0.25, -0.2) is 4.39 Å². The van der Waals surface area contributed by atoms with Crippen LogP contribution in [0.4, 0.5) is 4.39 Å². The SMILES string of the molecule is C#C.OCCC1CCc2cc(F)ccc2O1. The molecule has 0 saturated carbocycles. The first kappa shape index (κ1) is 12.5. The molecule has 0 aromatic heterocycles.